The zero-order valence-corrected chi connectivity index (χ0v) is 26.6. The number of pyridine rings is 2. The third kappa shape index (κ3) is 6.34. The number of nitriles is 1. The lowest BCUT2D eigenvalue weighted by molar-refractivity contribution is -0.128. The molecule has 11 heteroatoms. The van der Waals surface area contributed by atoms with Gasteiger partial charge in [-0.15, -0.1) is 0 Å². The van der Waals surface area contributed by atoms with E-state index in [0.29, 0.717) is 57.5 Å². The van der Waals surface area contributed by atoms with Crippen LogP contribution >= 0.6 is 0 Å². The van der Waals surface area contributed by atoms with Crippen LogP contribution in [0.5, 0.6) is 5.88 Å². The lowest BCUT2D eigenvalue weighted by Gasteiger charge is -2.43. The standard InChI is InChI=1S/C34H44N8O3/c1-4-32(43)42-17-16-41(22-26(42)11-13-35)29-19-31(45-18-6-8-25-7-5-14-38(25)2)37-28-23-40(15-12-27(28)29)30-21-36-20-24-9-10-33(44)39(3)34(24)30/h4,19-21,25-26H,1,5-12,14-18,22-23H2,2-3H3/t25-,26-/m0/s1. The Morgan fingerprint density at radius 1 is 1.11 bits per heavy atom. The van der Waals surface area contributed by atoms with Crippen molar-refractivity contribution in [3.63, 3.8) is 0 Å². The predicted molar refractivity (Wildman–Crippen MR) is 173 cm³/mol. The largest absolute Gasteiger partial charge is 0.478 e. The van der Waals surface area contributed by atoms with Gasteiger partial charge < -0.3 is 29.2 Å². The lowest BCUT2D eigenvalue weighted by Crippen LogP contribution is -2.55. The Morgan fingerprint density at radius 2 is 1.98 bits per heavy atom. The minimum atomic E-state index is -0.221. The number of piperazine rings is 1. The van der Waals surface area contributed by atoms with Crippen molar-refractivity contribution in [2.75, 3.05) is 68.1 Å². The van der Waals surface area contributed by atoms with Crippen LogP contribution in [-0.4, -0.2) is 97.1 Å². The molecule has 2 aromatic rings. The van der Waals surface area contributed by atoms with Crippen molar-refractivity contribution in [1.29, 1.82) is 5.26 Å². The summed E-state index contributed by atoms with van der Waals surface area (Å²) in [7, 11) is 4.05. The van der Waals surface area contributed by atoms with E-state index in [2.05, 4.69) is 45.4 Å². The van der Waals surface area contributed by atoms with Crippen molar-refractivity contribution in [2.45, 2.75) is 70.0 Å². The van der Waals surface area contributed by atoms with E-state index in [0.717, 1.165) is 54.1 Å². The molecule has 0 N–H and O–H groups in total. The molecule has 0 radical (unpaired) electrons. The Hall–Kier alpha value is -4.17. The minimum absolute atomic E-state index is 0.119. The molecule has 0 bridgehead atoms. The number of aryl methyl sites for hydroxylation is 1. The minimum Gasteiger partial charge on any atom is -0.478 e. The van der Waals surface area contributed by atoms with Gasteiger partial charge in [-0.05, 0) is 63.8 Å². The zero-order chi connectivity index (χ0) is 31.5. The van der Waals surface area contributed by atoms with Crippen LogP contribution in [0.1, 0.15) is 55.3 Å². The maximum atomic E-state index is 12.6. The summed E-state index contributed by atoms with van der Waals surface area (Å²) in [6.45, 7) is 8.49. The summed E-state index contributed by atoms with van der Waals surface area (Å²) in [4.78, 5) is 45.4. The molecule has 0 spiro atoms. The molecule has 2 fully saturated rings. The monoisotopic (exact) mass is 612 g/mol. The number of rotatable bonds is 9. The van der Waals surface area contributed by atoms with E-state index >= 15 is 0 Å². The molecule has 0 unspecified atom stereocenters. The van der Waals surface area contributed by atoms with Crippen LogP contribution in [-0.2, 0) is 29.0 Å². The molecule has 0 saturated carbocycles. The van der Waals surface area contributed by atoms with Gasteiger partial charge in [-0.2, -0.15) is 5.26 Å². The first kappa shape index (κ1) is 30.8. The number of ether oxygens (including phenoxy) is 1. The first-order valence-electron chi connectivity index (χ1n) is 16.3. The molecular weight excluding hydrogens is 568 g/mol. The Labute approximate surface area is 266 Å². The summed E-state index contributed by atoms with van der Waals surface area (Å²) in [6.07, 6.45) is 11.9. The summed E-state index contributed by atoms with van der Waals surface area (Å²) < 4.78 is 6.34. The van der Waals surface area contributed by atoms with Crippen molar-refractivity contribution in [2.24, 2.45) is 0 Å². The highest BCUT2D eigenvalue weighted by molar-refractivity contribution is 5.99. The lowest BCUT2D eigenvalue weighted by atomic mass is 9.98. The predicted octanol–water partition coefficient (Wildman–Crippen LogP) is 3.32. The highest BCUT2D eigenvalue weighted by Crippen LogP contribution is 2.40. The van der Waals surface area contributed by atoms with Crippen LogP contribution in [0.25, 0.3) is 0 Å². The van der Waals surface area contributed by atoms with Crippen LogP contribution in [0.4, 0.5) is 17.1 Å². The third-order valence-corrected chi connectivity index (χ3v) is 9.98. The van der Waals surface area contributed by atoms with Crippen LogP contribution < -0.4 is 19.4 Å². The average Bonchev–Trinajstić information content (AvgIpc) is 3.47. The van der Waals surface area contributed by atoms with Gasteiger partial charge in [0, 0.05) is 69.2 Å². The third-order valence-electron chi connectivity index (χ3n) is 9.98. The van der Waals surface area contributed by atoms with E-state index in [9.17, 15) is 14.9 Å². The summed E-state index contributed by atoms with van der Waals surface area (Å²) in [5, 5.41) is 9.56. The van der Waals surface area contributed by atoms with Crippen LogP contribution in [0.2, 0.25) is 0 Å². The SMILES string of the molecule is C=CC(=O)N1CCN(c2cc(OCCC[C@@H]3CCCN3C)nc3c2CCN(c2cncc4c2N(C)C(=O)CC4)C3)C[C@@H]1CC#N. The number of hydrogen-bond acceptors (Lipinski definition) is 9. The number of fused-ring (bicyclic) bond motifs is 2. The number of carbonyl (C=O) groups is 2. The Morgan fingerprint density at radius 3 is 2.76 bits per heavy atom. The summed E-state index contributed by atoms with van der Waals surface area (Å²) in [5.74, 6) is 0.586. The van der Waals surface area contributed by atoms with Gasteiger partial charge in [-0.25, -0.2) is 4.98 Å². The van der Waals surface area contributed by atoms with Crippen molar-refractivity contribution in [3.05, 3.63) is 47.9 Å². The van der Waals surface area contributed by atoms with Gasteiger partial charge in [0.2, 0.25) is 17.7 Å². The molecule has 2 saturated heterocycles. The molecule has 2 atom stereocenters. The second-order valence-corrected chi connectivity index (χ2v) is 12.7. The van der Waals surface area contributed by atoms with E-state index in [1.807, 2.05) is 19.4 Å². The first-order valence-corrected chi connectivity index (χ1v) is 16.3. The van der Waals surface area contributed by atoms with E-state index in [1.165, 1.54) is 31.0 Å². The summed E-state index contributed by atoms with van der Waals surface area (Å²) in [6, 6.07) is 4.73. The van der Waals surface area contributed by atoms with E-state index in [1.54, 1.807) is 9.80 Å². The van der Waals surface area contributed by atoms with Crippen LogP contribution in [0.15, 0.2) is 31.1 Å². The normalized spacial score (nSPS) is 21.8. The molecule has 2 amide bonds. The molecule has 45 heavy (non-hydrogen) atoms. The van der Waals surface area contributed by atoms with Crippen molar-refractivity contribution in [1.82, 2.24) is 19.8 Å². The molecule has 0 aromatic carbocycles. The maximum absolute atomic E-state index is 12.6. The van der Waals surface area contributed by atoms with Gasteiger partial charge in [0.25, 0.3) is 0 Å². The van der Waals surface area contributed by atoms with E-state index in [-0.39, 0.29) is 24.3 Å². The molecule has 4 aliphatic heterocycles. The van der Waals surface area contributed by atoms with Crippen LogP contribution in [0.3, 0.4) is 0 Å². The smallest absolute Gasteiger partial charge is 0.246 e. The maximum Gasteiger partial charge on any atom is 0.246 e. The highest BCUT2D eigenvalue weighted by Gasteiger charge is 2.34. The number of hydrogen-bond donors (Lipinski definition) is 0. The van der Waals surface area contributed by atoms with Gasteiger partial charge in [0.05, 0.1) is 54.9 Å². The highest BCUT2D eigenvalue weighted by atomic mass is 16.5. The van der Waals surface area contributed by atoms with Gasteiger partial charge in [0.15, 0.2) is 0 Å². The van der Waals surface area contributed by atoms with E-state index < -0.39 is 0 Å². The van der Waals surface area contributed by atoms with Crippen molar-refractivity contribution >= 4 is 28.9 Å². The first-order chi connectivity index (χ1) is 21.9. The number of likely N-dealkylation sites (tertiary alicyclic amines) is 1. The summed E-state index contributed by atoms with van der Waals surface area (Å²) >= 11 is 0. The summed E-state index contributed by atoms with van der Waals surface area (Å²) in [5.41, 5.74) is 6.18. The number of nitrogens with zero attached hydrogens (tertiary/aromatic N) is 8. The quantitative estimate of drug-likeness (QED) is 0.311. The van der Waals surface area contributed by atoms with Crippen LogP contribution in [0, 0.1) is 11.3 Å². The number of carbonyl (C=O) groups excluding carboxylic acids is 2. The molecular formula is C34H44N8O3. The van der Waals surface area contributed by atoms with Gasteiger partial charge in [-0.1, -0.05) is 6.58 Å². The molecule has 11 nitrogen and oxygen atoms in total. The molecule has 2 aromatic heterocycles. The van der Waals surface area contributed by atoms with Gasteiger partial charge in [0.1, 0.15) is 0 Å². The van der Waals surface area contributed by atoms with Crippen molar-refractivity contribution in [3.8, 4) is 11.9 Å². The van der Waals surface area contributed by atoms with Gasteiger partial charge in [-0.3, -0.25) is 14.6 Å². The Bertz CT molecular complexity index is 1490. The van der Waals surface area contributed by atoms with E-state index in [4.69, 9.17) is 9.72 Å². The Balaban J connectivity index is 1.28. The number of anilines is 3. The Kier molecular flexibility index (Phi) is 9.21. The number of amides is 2. The topological polar surface area (TPSA) is 109 Å². The fraction of sp³-hybridized carbons (Fsp3) is 0.559. The fourth-order valence-electron chi connectivity index (χ4n) is 7.48. The number of aromatic nitrogens is 2. The zero-order valence-electron chi connectivity index (χ0n) is 26.6. The van der Waals surface area contributed by atoms with Crippen molar-refractivity contribution < 1.29 is 14.3 Å². The van der Waals surface area contributed by atoms with Gasteiger partial charge >= 0.3 is 0 Å². The average molecular weight is 613 g/mol. The molecule has 0 aliphatic carbocycles. The molecule has 6 rings (SSSR count). The fourth-order valence-corrected chi connectivity index (χ4v) is 7.48. The second kappa shape index (κ2) is 13.4. The molecule has 6 heterocycles. The molecule has 4 aliphatic rings. The molecule has 238 valence electrons. The second-order valence-electron chi connectivity index (χ2n) is 12.7.